The van der Waals surface area contributed by atoms with Crippen LogP contribution in [-0.2, 0) is 9.53 Å². The molecule has 2 saturated heterocycles. The number of fused-ring (bicyclic) bond motifs is 1. The van der Waals surface area contributed by atoms with Gasteiger partial charge in [0.25, 0.3) is 0 Å². The van der Waals surface area contributed by atoms with E-state index in [0.29, 0.717) is 6.04 Å². The summed E-state index contributed by atoms with van der Waals surface area (Å²) < 4.78 is 5.03. The van der Waals surface area contributed by atoms with Crippen molar-refractivity contribution in [2.45, 2.75) is 31.3 Å². The highest BCUT2D eigenvalue weighted by molar-refractivity contribution is 5.73. The third-order valence-corrected chi connectivity index (χ3v) is 3.89. The van der Waals surface area contributed by atoms with Crippen LogP contribution in [0.5, 0.6) is 0 Å². The fourth-order valence-corrected chi connectivity index (χ4v) is 3.01. The first-order valence-corrected chi connectivity index (χ1v) is 6.42. The molecule has 2 atom stereocenters. The Labute approximate surface area is 102 Å². The lowest BCUT2D eigenvalue weighted by molar-refractivity contribution is -0.145. The third kappa shape index (κ3) is 2.97. The summed E-state index contributed by atoms with van der Waals surface area (Å²) in [4.78, 5) is 15.8. The van der Waals surface area contributed by atoms with Crippen molar-refractivity contribution in [1.29, 1.82) is 0 Å². The van der Waals surface area contributed by atoms with Gasteiger partial charge in [0.05, 0.1) is 6.61 Å². The van der Waals surface area contributed by atoms with Gasteiger partial charge in [0.1, 0.15) is 6.04 Å². The van der Waals surface area contributed by atoms with Crippen LogP contribution in [0.25, 0.3) is 0 Å². The highest BCUT2D eigenvalue weighted by Crippen LogP contribution is 2.22. The zero-order valence-electron chi connectivity index (χ0n) is 10.5. The van der Waals surface area contributed by atoms with E-state index in [2.05, 4.69) is 9.80 Å². The van der Waals surface area contributed by atoms with Gasteiger partial charge in [0.2, 0.25) is 0 Å². The van der Waals surface area contributed by atoms with E-state index < -0.39 is 12.0 Å². The van der Waals surface area contributed by atoms with E-state index in [0.717, 1.165) is 26.1 Å². The lowest BCUT2D eigenvalue weighted by Gasteiger charge is -2.29. The molecule has 0 spiro atoms. The topological polar surface area (TPSA) is 53.0 Å². The molecule has 2 aliphatic rings. The Morgan fingerprint density at radius 2 is 2.18 bits per heavy atom. The molecule has 2 heterocycles. The molecular formula is C12H22N2O3. The monoisotopic (exact) mass is 242 g/mol. The average Bonchev–Trinajstić information content (AvgIpc) is 2.63. The lowest BCUT2D eigenvalue weighted by Crippen LogP contribution is -2.47. The summed E-state index contributed by atoms with van der Waals surface area (Å²) in [6.45, 7) is 4.32. The van der Waals surface area contributed by atoms with Crippen LogP contribution in [-0.4, -0.2) is 72.9 Å². The minimum absolute atomic E-state index is 0.280. The maximum absolute atomic E-state index is 11.3. The molecule has 5 nitrogen and oxygen atoms in total. The highest BCUT2D eigenvalue weighted by atomic mass is 16.5. The molecule has 1 N–H and O–H groups in total. The van der Waals surface area contributed by atoms with Crippen molar-refractivity contribution in [1.82, 2.24) is 9.80 Å². The van der Waals surface area contributed by atoms with E-state index in [1.807, 2.05) is 0 Å². The molecule has 98 valence electrons. The summed E-state index contributed by atoms with van der Waals surface area (Å²) in [7, 11) is 1.57. The van der Waals surface area contributed by atoms with Crippen molar-refractivity contribution < 1.29 is 14.6 Å². The molecule has 2 unspecified atom stereocenters. The fourth-order valence-electron chi connectivity index (χ4n) is 3.01. The normalized spacial score (nSPS) is 28.6. The predicted octanol–water partition coefficient (Wildman–Crippen LogP) is 0.256. The van der Waals surface area contributed by atoms with Gasteiger partial charge in [-0.25, -0.2) is 0 Å². The molecule has 0 aromatic carbocycles. The van der Waals surface area contributed by atoms with Crippen molar-refractivity contribution in [2.75, 3.05) is 39.9 Å². The first kappa shape index (κ1) is 12.8. The SMILES string of the molecule is COCC(C(=O)O)N1CCCN2CCCC2C1. The van der Waals surface area contributed by atoms with Crippen LogP contribution >= 0.6 is 0 Å². The number of aliphatic carboxylic acids is 1. The molecule has 17 heavy (non-hydrogen) atoms. The van der Waals surface area contributed by atoms with E-state index in [4.69, 9.17) is 4.74 Å². The summed E-state index contributed by atoms with van der Waals surface area (Å²) in [6, 6.07) is 0.0664. The molecule has 0 bridgehead atoms. The van der Waals surface area contributed by atoms with Crippen LogP contribution in [0.4, 0.5) is 0 Å². The Morgan fingerprint density at radius 1 is 1.41 bits per heavy atom. The van der Waals surface area contributed by atoms with Crippen LogP contribution in [0, 0.1) is 0 Å². The fraction of sp³-hybridized carbons (Fsp3) is 0.917. The zero-order valence-corrected chi connectivity index (χ0v) is 10.5. The number of ether oxygens (including phenoxy) is 1. The Bertz CT molecular complexity index is 272. The quantitative estimate of drug-likeness (QED) is 0.766. The molecule has 0 radical (unpaired) electrons. The van der Waals surface area contributed by atoms with Gasteiger partial charge in [0.15, 0.2) is 0 Å². The molecule has 0 saturated carbocycles. The van der Waals surface area contributed by atoms with Crippen LogP contribution in [0.15, 0.2) is 0 Å². The van der Waals surface area contributed by atoms with Crippen LogP contribution in [0.2, 0.25) is 0 Å². The maximum atomic E-state index is 11.3. The first-order chi connectivity index (χ1) is 8.22. The predicted molar refractivity (Wildman–Crippen MR) is 64.1 cm³/mol. The Hall–Kier alpha value is -0.650. The van der Waals surface area contributed by atoms with E-state index in [9.17, 15) is 9.90 Å². The van der Waals surface area contributed by atoms with Gasteiger partial charge in [-0.15, -0.1) is 0 Å². The van der Waals surface area contributed by atoms with Crippen LogP contribution in [0.3, 0.4) is 0 Å². The summed E-state index contributed by atoms with van der Waals surface area (Å²) in [5, 5.41) is 9.25. The van der Waals surface area contributed by atoms with Crippen molar-refractivity contribution >= 4 is 5.97 Å². The summed E-state index contributed by atoms with van der Waals surface area (Å²) in [6.07, 6.45) is 3.51. The molecule has 2 rings (SSSR count). The second-order valence-electron chi connectivity index (χ2n) is 4.99. The molecule has 2 fully saturated rings. The van der Waals surface area contributed by atoms with Crippen LogP contribution < -0.4 is 0 Å². The standard InChI is InChI=1S/C12H22N2O3/c1-17-9-11(12(15)16)14-7-3-6-13-5-2-4-10(13)8-14/h10-11H,2-9H2,1H3,(H,15,16). The van der Waals surface area contributed by atoms with Gasteiger partial charge in [0, 0.05) is 26.2 Å². The molecular weight excluding hydrogens is 220 g/mol. The lowest BCUT2D eigenvalue weighted by atomic mass is 10.1. The zero-order chi connectivity index (χ0) is 12.3. The highest BCUT2D eigenvalue weighted by Gasteiger charge is 2.33. The minimum Gasteiger partial charge on any atom is -0.480 e. The molecule has 0 aliphatic carbocycles. The van der Waals surface area contributed by atoms with E-state index in [1.165, 1.54) is 19.4 Å². The summed E-state index contributed by atoms with van der Waals surface area (Å²) in [5.41, 5.74) is 0. The number of carbonyl (C=O) groups is 1. The average molecular weight is 242 g/mol. The Kier molecular flexibility index (Phi) is 4.36. The Morgan fingerprint density at radius 3 is 2.88 bits per heavy atom. The summed E-state index contributed by atoms with van der Waals surface area (Å²) in [5.74, 6) is -0.765. The van der Waals surface area contributed by atoms with E-state index in [-0.39, 0.29) is 6.61 Å². The number of hydrogen-bond donors (Lipinski definition) is 1. The second kappa shape index (κ2) is 5.80. The van der Waals surface area contributed by atoms with E-state index in [1.54, 1.807) is 7.11 Å². The number of carboxylic acid groups (broad SMARTS) is 1. The van der Waals surface area contributed by atoms with E-state index >= 15 is 0 Å². The number of methoxy groups -OCH3 is 1. The van der Waals surface area contributed by atoms with Crippen LogP contribution in [0.1, 0.15) is 19.3 Å². The number of rotatable bonds is 4. The van der Waals surface area contributed by atoms with Gasteiger partial charge in [-0.1, -0.05) is 0 Å². The number of hydrogen-bond acceptors (Lipinski definition) is 4. The largest absolute Gasteiger partial charge is 0.480 e. The Balaban J connectivity index is 2.00. The van der Waals surface area contributed by atoms with Crippen molar-refractivity contribution in [3.8, 4) is 0 Å². The van der Waals surface area contributed by atoms with Gasteiger partial charge >= 0.3 is 5.97 Å². The molecule has 2 aliphatic heterocycles. The smallest absolute Gasteiger partial charge is 0.323 e. The van der Waals surface area contributed by atoms with Gasteiger partial charge < -0.3 is 9.84 Å². The summed E-state index contributed by atoms with van der Waals surface area (Å²) >= 11 is 0. The number of nitrogens with zero attached hydrogens (tertiary/aromatic N) is 2. The molecule has 5 heteroatoms. The van der Waals surface area contributed by atoms with Gasteiger partial charge in [-0.3, -0.25) is 14.6 Å². The van der Waals surface area contributed by atoms with Crippen molar-refractivity contribution in [3.05, 3.63) is 0 Å². The van der Waals surface area contributed by atoms with Gasteiger partial charge in [-0.05, 0) is 32.4 Å². The molecule has 0 aromatic rings. The van der Waals surface area contributed by atoms with Gasteiger partial charge in [-0.2, -0.15) is 0 Å². The minimum atomic E-state index is -0.765. The first-order valence-electron chi connectivity index (χ1n) is 6.42. The number of carboxylic acids is 1. The third-order valence-electron chi connectivity index (χ3n) is 3.89. The van der Waals surface area contributed by atoms with Crippen molar-refractivity contribution in [3.63, 3.8) is 0 Å². The van der Waals surface area contributed by atoms with Crippen molar-refractivity contribution in [2.24, 2.45) is 0 Å². The maximum Gasteiger partial charge on any atom is 0.323 e. The molecule has 0 amide bonds. The molecule has 0 aromatic heterocycles. The second-order valence-corrected chi connectivity index (χ2v) is 4.99.